The first-order chi connectivity index (χ1) is 28.0. The molecule has 0 aliphatic rings. The van der Waals surface area contributed by atoms with Crippen LogP contribution in [0.1, 0.15) is 103 Å². The number of aliphatic hydroxyl groups is 2. The van der Waals surface area contributed by atoms with Crippen LogP contribution in [0, 0.1) is 31.5 Å². The Labute approximate surface area is 348 Å². The van der Waals surface area contributed by atoms with Gasteiger partial charge in [-0.15, -0.1) is 0 Å². The molecule has 2 rings (SSSR count). The zero-order valence-electron chi connectivity index (χ0n) is 36.9. The first kappa shape index (κ1) is 60.6. The molecule has 59 heavy (non-hydrogen) atoms. The van der Waals surface area contributed by atoms with Crippen molar-refractivity contribution in [3.05, 3.63) is 57.1 Å². The highest BCUT2D eigenvalue weighted by atomic mass is 19.1. The second-order valence-corrected chi connectivity index (χ2v) is 12.7. The van der Waals surface area contributed by atoms with E-state index < -0.39 is 60.7 Å². The Kier molecular flexibility index (Phi) is 38.3. The summed E-state index contributed by atoms with van der Waals surface area (Å²) in [5, 5.41) is 24.1. The van der Waals surface area contributed by atoms with Crippen LogP contribution < -0.4 is 21.7 Å². The van der Waals surface area contributed by atoms with Crippen molar-refractivity contribution in [1.29, 1.82) is 0 Å². The number of anilines is 2. The van der Waals surface area contributed by atoms with Crippen LogP contribution in [0.25, 0.3) is 0 Å². The van der Waals surface area contributed by atoms with Gasteiger partial charge >= 0.3 is 11.9 Å². The number of nitrogens with zero attached hydrogens (tertiary/aromatic N) is 1. The Hall–Kier alpha value is -5.04. The highest BCUT2D eigenvalue weighted by Gasteiger charge is 2.20. The Morgan fingerprint density at radius 2 is 1.46 bits per heavy atom. The van der Waals surface area contributed by atoms with E-state index in [1.165, 1.54) is 36.7 Å². The van der Waals surface area contributed by atoms with Gasteiger partial charge in [-0.2, -0.15) is 0 Å². The molecule has 0 bridgehead atoms. The number of aliphatic hydroxyl groups excluding tert-OH is 2. The molecule has 0 fully saturated rings. The number of rotatable bonds is 19. The lowest BCUT2D eigenvalue weighted by molar-refractivity contribution is -0.190. The monoisotopic (exact) mass is 844 g/mol. The molecule has 0 saturated heterocycles. The second kappa shape index (κ2) is 37.2. The van der Waals surface area contributed by atoms with E-state index in [1.54, 1.807) is 26.8 Å². The highest BCUT2D eigenvalue weighted by molar-refractivity contribution is 5.99. The van der Waals surface area contributed by atoms with Crippen molar-refractivity contribution in [3.8, 4) is 0 Å². The molecule has 2 atom stereocenters. The fraction of sp³-hybridized carbons (Fsp3) is 0.585. The maximum absolute atomic E-state index is 14.4. The van der Waals surface area contributed by atoms with Gasteiger partial charge in [0.1, 0.15) is 51.6 Å². The predicted octanol–water partition coefficient (Wildman–Crippen LogP) is 4.62. The number of halogens is 1. The summed E-state index contributed by atoms with van der Waals surface area (Å²) in [6, 6.07) is 5.79. The summed E-state index contributed by atoms with van der Waals surface area (Å²) in [5.74, 6) is -2.44. The van der Waals surface area contributed by atoms with Gasteiger partial charge in [-0.1, -0.05) is 68.4 Å². The minimum Gasteiger partial charge on any atom is -0.462 e. The third-order valence-corrected chi connectivity index (χ3v) is 6.69. The number of carbonyl (C=O) groups excluding carboxylic acids is 6. The molecule has 18 heteroatoms. The fourth-order valence-electron chi connectivity index (χ4n) is 4.03. The van der Waals surface area contributed by atoms with Gasteiger partial charge < -0.3 is 44.6 Å². The maximum atomic E-state index is 14.4. The quantitative estimate of drug-likeness (QED) is 0.0562. The minimum atomic E-state index is -1.40. The predicted molar refractivity (Wildman–Crippen MR) is 223 cm³/mol. The molecule has 0 radical (unpaired) electrons. The minimum absolute atomic E-state index is 0.00183. The molecule has 17 nitrogen and oxygen atoms in total. The van der Waals surface area contributed by atoms with Crippen molar-refractivity contribution >= 4 is 48.8 Å². The zero-order valence-corrected chi connectivity index (χ0v) is 36.9. The number of hydroxylamine groups is 1. The topological polar surface area (TPSA) is 238 Å². The van der Waals surface area contributed by atoms with Crippen LogP contribution >= 0.6 is 0 Å². The summed E-state index contributed by atoms with van der Waals surface area (Å²) >= 11 is 0. The first-order valence-corrected chi connectivity index (χ1v) is 19.2. The van der Waals surface area contributed by atoms with Crippen LogP contribution in [0.2, 0.25) is 0 Å². The number of aryl methyl sites for hydroxylation is 2. The molecule has 5 N–H and O–H groups in total. The Morgan fingerprint density at radius 3 is 1.98 bits per heavy atom. The van der Waals surface area contributed by atoms with Crippen molar-refractivity contribution < 1.29 is 62.4 Å². The number of ether oxygens (including phenoxy) is 3. The first-order valence-electron chi connectivity index (χ1n) is 19.2. The van der Waals surface area contributed by atoms with Crippen LogP contribution in [0.4, 0.5) is 15.9 Å². The van der Waals surface area contributed by atoms with Crippen LogP contribution in [-0.2, 0) is 50.1 Å². The van der Waals surface area contributed by atoms with Gasteiger partial charge in [0.25, 0.3) is 11.5 Å². The number of carbonyl (C=O) groups is 6. The standard InChI is InChI=1S/C31H43FN4O11.C4H10.2C2H6.2CH2O/c1-18(2)24(16-37)47-28(41)17-45-26(39)8-6-7-25(38)33-15-27(40)44-11-12-46-35-30(42)21-14-20(4)31(43)36(5)29(21)34-23-10-9-19(3)13-22(23)32;1-4(2)3;4*1-2/h9-10,13-14,18,24,28,34,37,41H,6-8,11-12,15-17H2,1-5H3,(H,33,38)(H,35,42);4H,1-3H3;2*1-2H3;2*1H2. The van der Waals surface area contributed by atoms with Gasteiger partial charge in [0.15, 0.2) is 6.29 Å². The summed E-state index contributed by atoms with van der Waals surface area (Å²) < 4.78 is 30.7. The average molecular weight is 845 g/mol. The van der Waals surface area contributed by atoms with Crippen LogP contribution in [-0.4, -0.2) is 97.5 Å². The molecule has 0 aliphatic carbocycles. The number of pyridine rings is 1. The molecule has 1 heterocycles. The highest BCUT2D eigenvalue weighted by Crippen LogP contribution is 2.23. The van der Waals surface area contributed by atoms with E-state index >= 15 is 0 Å². The van der Waals surface area contributed by atoms with Gasteiger partial charge in [-0.3, -0.25) is 33.4 Å². The number of amides is 2. The van der Waals surface area contributed by atoms with Crippen molar-refractivity contribution in [2.75, 3.05) is 38.3 Å². The van der Waals surface area contributed by atoms with Gasteiger partial charge in [-0.25, -0.2) is 9.87 Å². The molecular weight excluding hydrogens is 775 g/mol. The van der Waals surface area contributed by atoms with Gasteiger partial charge in [0, 0.05) is 25.5 Å². The number of aromatic nitrogens is 1. The van der Waals surface area contributed by atoms with E-state index in [0.29, 0.717) is 5.56 Å². The third kappa shape index (κ3) is 28.1. The van der Waals surface area contributed by atoms with Gasteiger partial charge in [0.2, 0.25) is 5.91 Å². The Balaban J connectivity index is -0.00000113. The number of benzene rings is 1. The fourth-order valence-corrected chi connectivity index (χ4v) is 4.03. The van der Waals surface area contributed by atoms with Gasteiger partial charge in [0.05, 0.1) is 24.0 Å². The van der Waals surface area contributed by atoms with E-state index in [-0.39, 0.29) is 67.6 Å². The van der Waals surface area contributed by atoms with Crippen molar-refractivity contribution in [2.24, 2.45) is 18.9 Å². The lowest BCUT2D eigenvalue weighted by atomic mass is 10.1. The molecule has 1 aromatic carbocycles. The zero-order chi connectivity index (χ0) is 46.7. The SMILES string of the molecule is C=O.C=O.CC.CC.CC(C)C.Cc1ccc(Nc2c(C(=O)NOCCOC(=O)CNC(=O)CCCC(=O)OCC(O)OC(CO)C(C)C)cc(C)c(=O)n2C)c(F)c1. The number of hydrogen-bond donors (Lipinski definition) is 5. The van der Waals surface area contributed by atoms with Crippen molar-refractivity contribution in [2.45, 2.75) is 108 Å². The summed E-state index contributed by atoms with van der Waals surface area (Å²) in [7, 11) is 1.43. The molecule has 2 unspecified atom stereocenters. The number of esters is 2. The smallest absolute Gasteiger partial charge is 0.325 e. The lowest BCUT2D eigenvalue weighted by Crippen LogP contribution is -2.33. The summed E-state index contributed by atoms with van der Waals surface area (Å²) in [5.41, 5.74) is 2.82. The lowest BCUT2D eigenvalue weighted by Gasteiger charge is -2.22. The van der Waals surface area contributed by atoms with Crippen molar-refractivity contribution in [1.82, 2.24) is 15.4 Å². The summed E-state index contributed by atoms with van der Waals surface area (Å²) in [4.78, 5) is 82.2. The molecule has 0 aliphatic heterocycles. The van der Waals surface area contributed by atoms with E-state index in [9.17, 15) is 38.6 Å². The van der Waals surface area contributed by atoms with E-state index in [2.05, 4.69) is 36.9 Å². The molecule has 2 aromatic rings. The van der Waals surface area contributed by atoms with E-state index in [4.69, 9.17) is 28.6 Å². The molecule has 1 aromatic heterocycles. The molecule has 2 amide bonds. The summed E-state index contributed by atoms with van der Waals surface area (Å²) in [6.07, 6.45) is -2.06. The van der Waals surface area contributed by atoms with Crippen LogP contribution in [0.5, 0.6) is 0 Å². The van der Waals surface area contributed by atoms with Crippen LogP contribution in [0.3, 0.4) is 0 Å². The molecule has 338 valence electrons. The second-order valence-electron chi connectivity index (χ2n) is 12.7. The number of nitrogens with one attached hydrogen (secondary N) is 3. The Morgan fingerprint density at radius 1 is 0.881 bits per heavy atom. The van der Waals surface area contributed by atoms with Crippen molar-refractivity contribution in [3.63, 3.8) is 0 Å². The molecular formula is C41H69FN4O13. The third-order valence-electron chi connectivity index (χ3n) is 6.69. The normalized spacial score (nSPS) is 10.7. The summed E-state index contributed by atoms with van der Waals surface area (Å²) in [6.45, 7) is 23.7. The number of hydrogen-bond acceptors (Lipinski definition) is 14. The average Bonchev–Trinajstić information content (AvgIpc) is 3.21. The molecule has 0 saturated carbocycles. The molecule has 0 spiro atoms. The largest absolute Gasteiger partial charge is 0.462 e. The van der Waals surface area contributed by atoms with E-state index in [1.807, 2.05) is 41.3 Å². The maximum Gasteiger partial charge on any atom is 0.325 e. The Bertz CT molecular complexity index is 1530. The van der Waals surface area contributed by atoms with E-state index in [0.717, 1.165) is 5.92 Å². The van der Waals surface area contributed by atoms with Gasteiger partial charge in [-0.05, 0) is 55.9 Å². The van der Waals surface area contributed by atoms with Crippen LogP contribution in [0.15, 0.2) is 29.1 Å².